The van der Waals surface area contributed by atoms with Gasteiger partial charge < -0.3 is 26.8 Å². The number of hydrogen-bond acceptors (Lipinski definition) is 5. The van der Waals surface area contributed by atoms with E-state index >= 15 is 0 Å². The molecule has 9 heteroatoms. The van der Waals surface area contributed by atoms with Crippen LogP contribution in [0.25, 0.3) is 0 Å². The van der Waals surface area contributed by atoms with E-state index in [4.69, 9.17) is 5.73 Å². The number of carbonyl (C=O) groups excluding carboxylic acids is 3. The van der Waals surface area contributed by atoms with E-state index in [0.29, 0.717) is 12.8 Å². The third-order valence-corrected chi connectivity index (χ3v) is 6.38. The van der Waals surface area contributed by atoms with Gasteiger partial charge in [0, 0.05) is 0 Å². The molecule has 0 heterocycles. The fourth-order valence-corrected chi connectivity index (χ4v) is 3.17. The lowest BCUT2D eigenvalue weighted by Crippen LogP contribution is -2.60. The van der Waals surface area contributed by atoms with Gasteiger partial charge in [0.25, 0.3) is 0 Å². The average Bonchev–Trinajstić information content (AvgIpc) is 2.75. The summed E-state index contributed by atoms with van der Waals surface area (Å²) in [4.78, 5) is 50.2. The normalized spacial score (nSPS) is 17.9. The molecule has 0 saturated carbocycles. The Morgan fingerprint density at radius 3 is 1.44 bits per heavy atom. The Labute approximate surface area is 192 Å². The lowest BCUT2D eigenvalue weighted by molar-refractivity contribution is -0.144. The molecule has 0 bridgehead atoms. The van der Waals surface area contributed by atoms with Crippen LogP contribution < -0.4 is 21.7 Å². The van der Waals surface area contributed by atoms with Gasteiger partial charge in [-0.2, -0.15) is 0 Å². The van der Waals surface area contributed by atoms with E-state index in [1.807, 2.05) is 34.6 Å². The summed E-state index contributed by atoms with van der Waals surface area (Å²) in [6, 6.07) is -3.60. The molecule has 0 aromatic heterocycles. The van der Waals surface area contributed by atoms with Gasteiger partial charge in [0.15, 0.2) is 0 Å². The lowest BCUT2D eigenvalue weighted by atomic mass is 9.94. The summed E-state index contributed by atoms with van der Waals surface area (Å²) >= 11 is 0. The van der Waals surface area contributed by atoms with E-state index in [1.54, 1.807) is 20.8 Å². The Morgan fingerprint density at radius 1 is 0.656 bits per heavy atom. The molecule has 9 nitrogen and oxygen atoms in total. The average molecular weight is 457 g/mol. The van der Waals surface area contributed by atoms with Crippen molar-refractivity contribution < 1.29 is 24.3 Å². The summed E-state index contributed by atoms with van der Waals surface area (Å²) in [5, 5.41) is 17.5. The zero-order valence-corrected chi connectivity index (χ0v) is 20.9. The highest BCUT2D eigenvalue weighted by molar-refractivity contribution is 5.94. The Balaban J connectivity index is 5.57. The van der Waals surface area contributed by atoms with Crippen molar-refractivity contribution in [3.05, 3.63) is 0 Å². The van der Waals surface area contributed by atoms with Crippen LogP contribution in [0.2, 0.25) is 0 Å². The molecule has 0 aliphatic rings. The molecule has 0 aliphatic carbocycles. The minimum atomic E-state index is -1.12. The van der Waals surface area contributed by atoms with Crippen LogP contribution in [0.3, 0.4) is 0 Å². The van der Waals surface area contributed by atoms with Crippen molar-refractivity contribution in [3.63, 3.8) is 0 Å². The zero-order valence-electron chi connectivity index (χ0n) is 20.9. The fraction of sp³-hybridized carbons (Fsp3) is 0.826. The molecule has 0 spiro atoms. The second kappa shape index (κ2) is 14.1. The molecular formula is C23H44N4O5. The summed E-state index contributed by atoms with van der Waals surface area (Å²) in [7, 11) is 0. The van der Waals surface area contributed by atoms with Gasteiger partial charge in [0.05, 0.1) is 6.04 Å². The van der Waals surface area contributed by atoms with Crippen LogP contribution in [0.1, 0.15) is 74.7 Å². The summed E-state index contributed by atoms with van der Waals surface area (Å²) in [6.07, 6.45) is 1.90. The summed E-state index contributed by atoms with van der Waals surface area (Å²) in [5.74, 6) is -3.38. The SMILES string of the molecule is CCC(C)C(N)C(=O)NC(C(=O)NC(C(=O)NC(C(=O)O)C(C)CC)C(C)CC)C(C)C. The molecule has 0 fully saturated rings. The number of amides is 3. The van der Waals surface area contributed by atoms with Crippen LogP contribution in [0.5, 0.6) is 0 Å². The maximum atomic E-state index is 13.1. The first-order valence-corrected chi connectivity index (χ1v) is 11.7. The minimum absolute atomic E-state index is 0.0435. The molecule has 0 rings (SSSR count). The van der Waals surface area contributed by atoms with Crippen molar-refractivity contribution in [2.75, 3.05) is 0 Å². The van der Waals surface area contributed by atoms with E-state index in [0.717, 1.165) is 6.42 Å². The summed E-state index contributed by atoms with van der Waals surface area (Å²) < 4.78 is 0. The third-order valence-electron chi connectivity index (χ3n) is 6.38. The van der Waals surface area contributed by atoms with E-state index < -0.39 is 47.9 Å². The van der Waals surface area contributed by atoms with Gasteiger partial charge in [0.2, 0.25) is 17.7 Å². The molecule has 186 valence electrons. The molecule has 0 radical (unpaired) electrons. The van der Waals surface area contributed by atoms with Gasteiger partial charge in [-0.15, -0.1) is 0 Å². The number of carboxylic acid groups (broad SMARTS) is 1. The quantitative estimate of drug-likeness (QED) is 0.268. The zero-order chi connectivity index (χ0) is 25.2. The van der Waals surface area contributed by atoms with Crippen molar-refractivity contribution in [2.45, 2.75) is 98.8 Å². The van der Waals surface area contributed by atoms with Gasteiger partial charge in [-0.05, 0) is 23.7 Å². The van der Waals surface area contributed by atoms with E-state index in [1.165, 1.54) is 0 Å². The number of carboxylic acids is 1. The highest BCUT2D eigenvalue weighted by Gasteiger charge is 2.35. The number of hydrogen-bond donors (Lipinski definition) is 5. The molecule has 0 saturated heterocycles. The van der Waals surface area contributed by atoms with Crippen LogP contribution in [-0.4, -0.2) is 53.0 Å². The highest BCUT2D eigenvalue weighted by Crippen LogP contribution is 2.14. The van der Waals surface area contributed by atoms with Gasteiger partial charge in [-0.3, -0.25) is 14.4 Å². The maximum Gasteiger partial charge on any atom is 0.326 e. The first-order valence-electron chi connectivity index (χ1n) is 11.7. The molecule has 7 unspecified atom stereocenters. The van der Waals surface area contributed by atoms with Gasteiger partial charge in [0.1, 0.15) is 18.1 Å². The molecule has 3 amide bonds. The topological polar surface area (TPSA) is 151 Å². The molecule has 7 atom stereocenters. The van der Waals surface area contributed by atoms with Crippen molar-refractivity contribution in [1.29, 1.82) is 0 Å². The standard InChI is InChI=1S/C23H44N4O5/c1-9-13(6)16(24)20(28)25-17(12(4)5)21(29)26-18(14(7)10-2)22(30)27-19(23(31)32)15(8)11-3/h12-19H,9-11,24H2,1-8H3,(H,25,28)(H,26,29)(H,27,30)(H,31,32). The molecule has 0 aromatic carbocycles. The van der Waals surface area contributed by atoms with Gasteiger partial charge in [-0.25, -0.2) is 4.79 Å². The van der Waals surface area contributed by atoms with Crippen LogP contribution in [0.4, 0.5) is 0 Å². The van der Waals surface area contributed by atoms with E-state index in [-0.39, 0.29) is 23.7 Å². The lowest BCUT2D eigenvalue weighted by Gasteiger charge is -2.30. The Kier molecular flexibility index (Phi) is 13.1. The van der Waals surface area contributed by atoms with Gasteiger partial charge in [-0.1, -0.05) is 74.7 Å². The smallest absolute Gasteiger partial charge is 0.326 e. The van der Waals surface area contributed by atoms with Crippen LogP contribution in [0, 0.1) is 23.7 Å². The maximum absolute atomic E-state index is 13.1. The minimum Gasteiger partial charge on any atom is -0.480 e. The Morgan fingerprint density at radius 2 is 1.03 bits per heavy atom. The molecule has 6 N–H and O–H groups in total. The summed E-state index contributed by atoms with van der Waals surface area (Å²) in [5.41, 5.74) is 6.00. The number of rotatable bonds is 14. The summed E-state index contributed by atoms with van der Waals surface area (Å²) in [6.45, 7) is 14.7. The second-order valence-electron chi connectivity index (χ2n) is 9.22. The van der Waals surface area contributed by atoms with Crippen molar-refractivity contribution >= 4 is 23.7 Å². The number of nitrogens with two attached hydrogens (primary N) is 1. The van der Waals surface area contributed by atoms with Crippen LogP contribution in [0.15, 0.2) is 0 Å². The highest BCUT2D eigenvalue weighted by atomic mass is 16.4. The van der Waals surface area contributed by atoms with Crippen LogP contribution >= 0.6 is 0 Å². The molecule has 0 aromatic rings. The number of nitrogens with one attached hydrogen (secondary N) is 3. The van der Waals surface area contributed by atoms with Gasteiger partial charge >= 0.3 is 5.97 Å². The monoisotopic (exact) mass is 456 g/mol. The number of carbonyl (C=O) groups is 4. The first kappa shape index (κ1) is 29.8. The van der Waals surface area contributed by atoms with E-state index in [2.05, 4.69) is 16.0 Å². The fourth-order valence-electron chi connectivity index (χ4n) is 3.17. The van der Waals surface area contributed by atoms with Crippen molar-refractivity contribution in [1.82, 2.24) is 16.0 Å². The molecule has 0 aliphatic heterocycles. The largest absolute Gasteiger partial charge is 0.480 e. The molecule has 32 heavy (non-hydrogen) atoms. The predicted octanol–water partition coefficient (Wildman–Crippen LogP) is 1.65. The van der Waals surface area contributed by atoms with Crippen LogP contribution in [-0.2, 0) is 19.2 Å². The van der Waals surface area contributed by atoms with Crippen molar-refractivity contribution in [2.24, 2.45) is 29.4 Å². The third kappa shape index (κ3) is 8.76. The Bertz CT molecular complexity index is 640. The van der Waals surface area contributed by atoms with Crippen molar-refractivity contribution in [3.8, 4) is 0 Å². The van der Waals surface area contributed by atoms with E-state index in [9.17, 15) is 24.3 Å². The first-order chi connectivity index (χ1) is 14.8. The predicted molar refractivity (Wildman–Crippen MR) is 125 cm³/mol. The Hall–Kier alpha value is -2.16. The molecular weight excluding hydrogens is 412 g/mol. The number of aliphatic carboxylic acids is 1. The second-order valence-corrected chi connectivity index (χ2v) is 9.22.